The maximum absolute atomic E-state index is 12.5. The fraction of sp³-hybridized carbons (Fsp3) is 0.722. The maximum Gasteiger partial charge on any atom is 0.225 e. The van der Waals surface area contributed by atoms with Gasteiger partial charge in [-0.2, -0.15) is 0 Å². The van der Waals surface area contributed by atoms with Crippen molar-refractivity contribution in [3.8, 4) is 0 Å². The van der Waals surface area contributed by atoms with E-state index in [0.29, 0.717) is 6.54 Å². The number of piperazine rings is 1. The van der Waals surface area contributed by atoms with Crippen LogP contribution in [0.4, 0.5) is 5.95 Å². The van der Waals surface area contributed by atoms with Gasteiger partial charge < -0.3 is 15.1 Å². The molecule has 2 fully saturated rings. The van der Waals surface area contributed by atoms with Crippen molar-refractivity contribution in [3.05, 3.63) is 18.0 Å². The Morgan fingerprint density at radius 1 is 1.28 bits per heavy atom. The summed E-state index contributed by atoms with van der Waals surface area (Å²) in [6, 6.07) is 1.90. The summed E-state index contributed by atoms with van der Waals surface area (Å²) >= 11 is 0. The van der Waals surface area contributed by atoms with Crippen LogP contribution >= 0.6 is 0 Å². The lowest BCUT2D eigenvalue weighted by Crippen LogP contribution is -2.48. The average Bonchev–Trinajstić information content (AvgIpc) is 2.63. The van der Waals surface area contributed by atoms with Crippen molar-refractivity contribution in [1.82, 2.24) is 25.1 Å². The molecule has 7 heteroatoms. The highest BCUT2D eigenvalue weighted by molar-refractivity contribution is 5.79. The third-order valence-electron chi connectivity index (χ3n) is 5.18. The molecule has 0 aromatic carbocycles. The molecule has 0 aliphatic carbocycles. The number of likely N-dealkylation sites (N-methyl/N-ethyl adjacent to an activating group) is 1. The van der Waals surface area contributed by atoms with E-state index in [1.54, 1.807) is 6.20 Å². The molecule has 1 N–H and O–H groups in total. The van der Waals surface area contributed by atoms with E-state index in [1.807, 2.05) is 13.0 Å². The largest absolute Gasteiger partial charge is 0.355 e. The Hall–Kier alpha value is -1.73. The molecule has 2 saturated heterocycles. The first-order valence-electron chi connectivity index (χ1n) is 9.35. The van der Waals surface area contributed by atoms with Gasteiger partial charge in [-0.25, -0.2) is 9.97 Å². The summed E-state index contributed by atoms with van der Waals surface area (Å²) in [5.74, 6) is 0.951. The standard InChI is InChI=1S/C18H30N6O/c1-15-5-6-20-18(21-15)24-8-3-4-16(14-24)17(25)19-7-9-23-12-10-22(2)11-13-23/h5-6,16H,3-4,7-14H2,1-2H3,(H,19,25). The Morgan fingerprint density at radius 2 is 2.08 bits per heavy atom. The number of aryl methyl sites for hydroxylation is 1. The molecular weight excluding hydrogens is 316 g/mol. The molecule has 1 unspecified atom stereocenters. The number of anilines is 1. The topological polar surface area (TPSA) is 64.6 Å². The van der Waals surface area contributed by atoms with E-state index in [4.69, 9.17) is 0 Å². The number of amides is 1. The number of rotatable bonds is 5. The molecule has 3 rings (SSSR count). The van der Waals surface area contributed by atoms with Crippen molar-refractivity contribution in [3.63, 3.8) is 0 Å². The molecule has 2 aliphatic heterocycles. The fourth-order valence-electron chi connectivity index (χ4n) is 3.51. The van der Waals surface area contributed by atoms with Crippen LogP contribution in [-0.4, -0.2) is 85.1 Å². The molecule has 0 spiro atoms. The maximum atomic E-state index is 12.5. The molecule has 1 aromatic heterocycles. The zero-order valence-corrected chi connectivity index (χ0v) is 15.4. The molecule has 2 aliphatic rings. The third-order valence-corrected chi connectivity index (χ3v) is 5.18. The van der Waals surface area contributed by atoms with Gasteiger partial charge in [0, 0.05) is 64.2 Å². The third kappa shape index (κ3) is 5.12. The normalized spacial score (nSPS) is 22.8. The lowest BCUT2D eigenvalue weighted by Gasteiger charge is -2.33. The molecule has 25 heavy (non-hydrogen) atoms. The van der Waals surface area contributed by atoms with E-state index in [9.17, 15) is 4.79 Å². The van der Waals surface area contributed by atoms with Crippen LogP contribution in [0, 0.1) is 12.8 Å². The van der Waals surface area contributed by atoms with Gasteiger partial charge in [0.15, 0.2) is 0 Å². The number of aromatic nitrogens is 2. The van der Waals surface area contributed by atoms with Crippen molar-refractivity contribution in [2.75, 3.05) is 64.3 Å². The second kappa shape index (κ2) is 8.58. The second-order valence-corrected chi connectivity index (χ2v) is 7.22. The van der Waals surface area contributed by atoms with Gasteiger partial charge in [-0.3, -0.25) is 9.69 Å². The van der Waals surface area contributed by atoms with Gasteiger partial charge in [-0.1, -0.05) is 0 Å². The summed E-state index contributed by atoms with van der Waals surface area (Å²) < 4.78 is 0. The Balaban J connectivity index is 1.44. The molecular formula is C18H30N6O. The van der Waals surface area contributed by atoms with E-state index in [-0.39, 0.29) is 11.8 Å². The first kappa shape index (κ1) is 18.1. The molecule has 3 heterocycles. The molecule has 0 saturated carbocycles. The van der Waals surface area contributed by atoms with Crippen LogP contribution in [0.2, 0.25) is 0 Å². The van der Waals surface area contributed by atoms with Gasteiger partial charge >= 0.3 is 0 Å². The van der Waals surface area contributed by atoms with Crippen LogP contribution in [0.1, 0.15) is 18.5 Å². The highest BCUT2D eigenvalue weighted by Crippen LogP contribution is 2.20. The zero-order chi connectivity index (χ0) is 17.6. The van der Waals surface area contributed by atoms with Crippen LogP contribution < -0.4 is 10.2 Å². The van der Waals surface area contributed by atoms with Gasteiger partial charge in [0.1, 0.15) is 0 Å². The van der Waals surface area contributed by atoms with Gasteiger partial charge in [0.25, 0.3) is 0 Å². The Kier molecular flexibility index (Phi) is 6.20. The van der Waals surface area contributed by atoms with Crippen molar-refractivity contribution < 1.29 is 4.79 Å². The summed E-state index contributed by atoms with van der Waals surface area (Å²) in [5, 5.41) is 3.13. The minimum Gasteiger partial charge on any atom is -0.355 e. The Bertz CT molecular complexity index is 572. The fourth-order valence-corrected chi connectivity index (χ4v) is 3.51. The van der Waals surface area contributed by atoms with E-state index in [1.165, 1.54) is 0 Å². The lowest BCUT2D eigenvalue weighted by atomic mass is 9.97. The van der Waals surface area contributed by atoms with Crippen molar-refractivity contribution in [2.24, 2.45) is 5.92 Å². The predicted octanol–water partition coefficient (Wildman–Crippen LogP) is 0.365. The quantitative estimate of drug-likeness (QED) is 0.831. The van der Waals surface area contributed by atoms with Crippen molar-refractivity contribution in [2.45, 2.75) is 19.8 Å². The van der Waals surface area contributed by atoms with Crippen LogP contribution in [0.25, 0.3) is 0 Å². The second-order valence-electron chi connectivity index (χ2n) is 7.22. The van der Waals surface area contributed by atoms with Gasteiger partial charge in [0.2, 0.25) is 11.9 Å². The van der Waals surface area contributed by atoms with E-state index in [2.05, 4.69) is 37.0 Å². The predicted molar refractivity (Wildman–Crippen MR) is 98.7 cm³/mol. The number of hydrogen-bond donors (Lipinski definition) is 1. The molecule has 0 bridgehead atoms. The van der Waals surface area contributed by atoms with Crippen LogP contribution in [0.3, 0.4) is 0 Å². The highest BCUT2D eigenvalue weighted by Gasteiger charge is 2.27. The number of nitrogens with zero attached hydrogens (tertiary/aromatic N) is 5. The van der Waals surface area contributed by atoms with Gasteiger partial charge in [-0.05, 0) is 32.9 Å². The summed E-state index contributed by atoms with van der Waals surface area (Å²) in [6.07, 6.45) is 3.74. The van der Waals surface area contributed by atoms with Gasteiger partial charge in [0.05, 0.1) is 5.92 Å². The summed E-state index contributed by atoms with van der Waals surface area (Å²) in [6.45, 7) is 9.69. The van der Waals surface area contributed by atoms with E-state index in [0.717, 1.165) is 70.3 Å². The van der Waals surface area contributed by atoms with Crippen molar-refractivity contribution >= 4 is 11.9 Å². The SMILES string of the molecule is Cc1ccnc(N2CCCC(C(=O)NCCN3CCN(C)CC3)C2)n1. The smallest absolute Gasteiger partial charge is 0.225 e. The zero-order valence-electron chi connectivity index (χ0n) is 15.4. The molecule has 1 aromatic rings. The minimum absolute atomic E-state index is 0.0327. The first-order valence-corrected chi connectivity index (χ1v) is 9.35. The molecule has 7 nitrogen and oxygen atoms in total. The van der Waals surface area contributed by atoms with Crippen LogP contribution in [0.5, 0.6) is 0 Å². The monoisotopic (exact) mass is 346 g/mol. The number of piperidine rings is 1. The summed E-state index contributed by atoms with van der Waals surface area (Å²) in [4.78, 5) is 28.3. The van der Waals surface area contributed by atoms with Crippen LogP contribution in [-0.2, 0) is 4.79 Å². The average molecular weight is 346 g/mol. The van der Waals surface area contributed by atoms with Crippen molar-refractivity contribution in [1.29, 1.82) is 0 Å². The number of carbonyl (C=O) groups excluding carboxylic acids is 1. The van der Waals surface area contributed by atoms with Crippen LogP contribution in [0.15, 0.2) is 12.3 Å². The molecule has 1 atom stereocenters. The summed E-state index contributed by atoms with van der Waals surface area (Å²) in [7, 11) is 2.16. The summed E-state index contributed by atoms with van der Waals surface area (Å²) in [5.41, 5.74) is 0.962. The number of carbonyl (C=O) groups is 1. The highest BCUT2D eigenvalue weighted by atomic mass is 16.1. The Labute approximate surface area is 150 Å². The van der Waals surface area contributed by atoms with E-state index < -0.39 is 0 Å². The lowest BCUT2D eigenvalue weighted by molar-refractivity contribution is -0.125. The van der Waals surface area contributed by atoms with Gasteiger partial charge in [-0.15, -0.1) is 0 Å². The molecule has 0 radical (unpaired) electrons. The minimum atomic E-state index is 0.0327. The van der Waals surface area contributed by atoms with E-state index >= 15 is 0 Å². The first-order chi connectivity index (χ1) is 12.1. The Morgan fingerprint density at radius 3 is 2.84 bits per heavy atom. The molecule has 138 valence electrons. The molecule has 1 amide bonds. The number of nitrogens with one attached hydrogen (secondary N) is 1. The number of hydrogen-bond acceptors (Lipinski definition) is 6.